The zero-order valence-electron chi connectivity index (χ0n) is 19.4. The van der Waals surface area contributed by atoms with Gasteiger partial charge in [0, 0.05) is 35.5 Å². The molecule has 0 bridgehead atoms. The maximum absolute atomic E-state index is 13.1. The number of methoxy groups -OCH3 is 2. The maximum Gasteiger partial charge on any atom is 0.357 e. The Morgan fingerprint density at radius 2 is 1.66 bits per heavy atom. The van der Waals surface area contributed by atoms with Crippen LogP contribution in [-0.2, 0) is 4.74 Å². The van der Waals surface area contributed by atoms with Crippen molar-refractivity contribution in [3.05, 3.63) is 78.2 Å². The molecule has 0 spiro atoms. The van der Waals surface area contributed by atoms with Gasteiger partial charge >= 0.3 is 5.97 Å². The first kappa shape index (κ1) is 23.5. The van der Waals surface area contributed by atoms with Gasteiger partial charge in [-0.15, -0.1) is 0 Å². The number of amides is 1. The predicted molar refractivity (Wildman–Crippen MR) is 130 cm³/mol. The van der Waals surface area contributed by atoms with Crippen LogP contribution in [0.5, 0.6) is 23.1 Å². The van der Waals surface area contributed by atoms with Gasteiger partial charge in [-0.3, -0.25) is 4.79 Å². The highest BCUT2D eigenvalue weighted by atomic mass is 16.5. The number of carbonyl (C=O) groups excluding carboxylic acids is 2. The van der Waals surface area contributed by atoms with E-state index in [-0.39, 0.29) is 24.1 Å². The molecule has 178 valence electrons. The van der Waals surface area contributed by atoms with Crippen LogP contribution in [0.25, 0.3) is 10.8 Å². The van der Waals surface area contributed by atoms with Crippen LogP contribution in [0.15, 0.2) is 67.0 Å². The summed E-state index contributed by atoms with van der Waals surface area (Å²) in [6.45, 7) is 1.96. The maximum atomic E-state index is 13.1. The highest BCUT2D eigenvalue weighted by Gasteiger charge is 2.14. The fourth-order valence-electron chi connectivity index (χ4n) is 3.43. The number of hydrogen-bond donors (Lipinski definition) is 1. The third kappa shape index (κ3) is 5.47. The Morgan fingerprint density at radius 3 is 2.37 bits per heavy atom. The zero-order valence-corrected chi connectivity index (χ0v) is 19.4. The third-order valence-corrected chi connectivity index (χ3v) is 5.05. The molecule has 35 heavy (non-hydrogen) atoms. The molecule has 9 nitrogen and oxygen atoms in total. The van der Waals surface area contributed by atoms with Crippen LogP contribution in [0.1, 0.15) is 27.8 Å². The summed E-state index contributed by atoms with van der Waals surface area (Å²) in [5, 5.41) is 4.42. The number of hydrogen-bond acceptors (Lipinski definition) is 8. The van der Waals surface area contributed by atoms with E-state index in [0.29, 0.717) is 28.5 Å². The largest absolute Gasteiger partial charge is 0.497 e. The highest BCUT2D eigenvalue weighted by Crippen LogP contribution is 2.29. The smallest absolute Gasteiger partial charge is 0.357 e. The molecule has 0 saturated heterocycles. The van der Waals surface area contributed by atoms with Crippen LogP contribution in [0.3, 0.4) is 0 Å². The van der Waals surface area contributed by atoms with Gasteiger partial charge in [-0.25, -0.2) is 14.8 Å². The quantitative estimate of drug-likeness (QED) is 0.361. The summed E-state index contributed by atoms with van der Waals surface area (Å²) >= 11 is 0. The second-order valence-corrected chi connectivity index (χ2v) is 7.31. The fourth-order valence-corrected chi connectivity index (χ4v) is 3.43. The Hall–Kier alpha value is -4.66. The molecule has 4 aromatic rings. The van der Waals surface area contributed by atoms with Crippen LogP contribution in [0.4, 0.5) is 5.69 Å². The summed E-state index contributed by atoms with van der Waals surface area (Å²) in [4.78, 5) is 32.9. The lowest BCUT2D eigenvalue weighted by Gasteiger charge is -2.12. The van der Waals surface area contributed by atoms with Crippen LogP contribution >= 0.6 is 0 Å². The van der Waals surface area contributed by atoms with E-state index in [2.05, 4.69) is 15.3 Å². The first-order valence-corrected chi connectivity index (χ1v) is 10.7. The molecule has 0 radical (unpaired) electrons. The van der Waals surface area contributed by atoms with Crippen LogP contribution in [0.2, 0.25) is 0 Å². The van der Waals surface area contributed by atoms with Crippen LogP contribution in [-0.4, -0.2) is 42.7 Å². The molecule has 3 aromatic carbocycles. The lowest BCUT2D eigenvalue weighted by Crippen LogP contribution is -2.12. The number of esters is 1. The number of nitrogens with zero attached hydrogens (tertiary/aromatic N) is 2. The molecule has 0 aliphatic carbocycles. The second kappa shape index (κ2) is 10.5. The van der Waals surface area contributed by atoms with E-state index in [1.165, 1.54) is 12.4 Å². The first-order chi connectivity index (χ1) is 17.0. The van der Waals surface area contributed by atoms with Gasteiger partial charge in [0.15, 0.2) is 5.69 Å². The van der Waals surface area contributed by atoms with E-state index in [0.717, 1.165) is 10.8 Å². The SMILES string of the molecule is CCOC(=O)c1cc(Oc2ccc3c(C(=O)Nc4cc(OC)cc(OC)c4)cccc3c2)ncn1. The molecule has 0 saturated carbocycles. The Kier molecular flexibility index (Phi) is 7.06. The summed E-state index contributed by atoms with van der Waals surface area (Å²) in [5.74, 6) is 0.979. The summed E-state index contributed by atoms with van der Waals surface area (Å²) in [6.07, 6.45) is 1.23. The Balaban J connectivity index is 1.57. The summed E-state index contributed by atoms with van der Waals surface area (Å²) < 4.78 is 21.3. The van der Waals surface area contributed by atoms with Gasteiger partial charge in [-0.05, 0) is 42.0 Å². The lowest BCUT2D eigenvalue weighted by atomic mass is 10.0. The van der Waals surface area contributed by atoms with Crippen molar-refractivity contribution in [1.82, 2.24) is 9.97 Å². The molecule has 0 aliphatic rings. The van der Waals surface area contributed by atoms with E-state index in [4.69, 9.17) is 18.9 Å². The third-order valence-electron chi connectivity index (χ3n) is 5.05. The van der Waals surface area contributed by atoms with Crippen molar-refractivity contribution in [3.63, 3.8) is 0 Å². The van der Waals surface area contributed by atoms with Gasteiger partial charge in [0.1, 0.15) is 23.6 Å². The van der Waals surface area contributed by atoms with Crippen molar-refractivity contribution in [2.75, 3.05) is 26.1 Å². The summed E-state index contributed by atoms with van der Waals surface area (Å²) in [6, 6.07) is 17.3. The van der Waals surface area contributed by atoms with Gasteiger partial charge in [0.2, 0.25) is 5.88 Å². The van der Waals surface area contributed by atoms with Gasteiger partial charge < -0.3 is 24.3 Å². The van der Waals surface area contributed by atoms with Crippen molar-refractivity contribution in [3.8, 4) is 23.1 Å². The molecule has 1 N–H and O–H groups in total. The fraction of sp³-hybridized carbons (Fsp3) is 0.154. The summed E-state index contributed by atoms with van der Waals surface area (Å²) in [5.41, 5.74) is 1.14. The number of nitrogens with one attached hydrogen (secondary N) is 1. The number of anilines is 1. The molecular weight excluding hydrogens is 450 g/mol. The number of carbonyl (C=O) groups is 2. The van der Waals surface area contributed by atoms with Crippen molar-refractivity contribution in [1.29, 1.82) is 0 Å². The molecule has 0 aliphatic heterocycles. The van der Waals surface area contributed by atoms with Crippen LogP contribution < -0.4 is 19.5 Å². The van der Waals surface area contributed by atoms with Gasteiger partial charge in [-0.2, -0.15) is 0 Å². The monoisotopic (exact) mass is 473 g/mol. The zero-order chi connectivity index (χ0) is 24.8. The molecule has 0 fully saturated rings. The normalized spacial score (nSPS) is 10.5. The van der Waals surface area contributed by atoms with E-state index in [1.54, 1.807) is 69.7 Å². The van der Waals surface area contributed by atoms with E-state index >= 15 is 0 Å². The minimum Gasteiger partial charge on any atom is -0.497 e. The molecule has 1 amide bonds. The van der Waals surface area contributed by atoms with E-state index < -0.39 is 5.97 Å². The van der Waals surface area contributed by atoms with Crippen molar-refractivity contribution in [2.45, 2.75) is 6.92 Å². The van der Waals surface area contributed by atoms with E-state index in [9.17, 15) is 9.59 Å². The molecule has 9 heteroatoms. The number of fused-ring (bicyclic) bond motifs is 1. The highest BCUT2D eigenvalue weighted by molar-refractivity contribution is 6.13. The van der Waals surface area contributed by atoms with Gasteiger partial charge in [0.05, 0.1) is 20.8 Å². The standard InChI is InChI=1S/C26H23N3O6/c1-4-34-26(31)23-14-24(28-15-27-23)35-18-8-9-21-16(10-18)6-5-7-22(21)25(30)29-17-11-19(32-2)13-20(12-17)33-3/h5-15H,4H2,1-3H3,(H,29,30). The van der Waals surface area contributed by atoms with Gasteiger partial charge in [0.25, 0.3) is 5.91 Å². The van der Waals surface area contributed by atoms with Gasteiger partial charge in [-0.1, -0.05) is 12.1 Å². The van der Waals surface area contributed by atoms with Crippen molar-refractivity contribution in [2.24, 2.45) is 0 Å². The Morgan fingerprint density at radius 1 is 0.886 bits per heavy atom. The topological polar surface area (TPSA) is 109 Å². The van der Waals surface area contributed by atoms with Crippen LogP contribution in [0, 0.1) is 0 Å². The minimum atomic E-state index is -0.553. The minimum absolute atomic E-state index is 0.103. The van der Waals surface area contributed by atoms with Crippen molar-refractivity contribution >= 4 is 28.3 Å². The first-order valence-electron chi connectivity index (χ1n) is 10.7. The molecular formula is C26H23N3O6. The molecule has 1 heterocycles. The van der Waals surface area contributed by atoms with E-state index in [1.807, 2.05) is 6.07 Å². The molecule has 0 unspecified atom stereocenters. The number of benzene rings is 3. The lowest BCUT2D eigenvalue weighted by molar-refractivity contribution is 0.0518. The number of aromatic nitrogens is 2. The average molecular weight is 473 g/mol. The number of rotatable bonds is 8. The van der Waals surface area contributed by atoms with Crippen molar-refractivity contribution < 1.29 is 28.5 Å². The summed E-state index contributed by atoms with van der Waals surface area (Å²) in [7, 11) is 3.09. The second-order valence-electron chi connectivity index (χ2n) is 7.31. The molecule has 1 aromatic heterocycles. The Labute approximate surface area is 201 Å². The molecule has 4 rings (SSSR count). The Bertz CT molecular complexity index is 1370. The number of ether oxygens (including phenoxy) is 4. The predicted octanol–water partition coefficient (Wildman–Crippen LogP) is 4.87. The molecule has 0 atom stereocenters. The average Bonchev–Trinajstić information content (AvgIpc) is 2.88.